The highest BCUT2D eigenvalue weighted by atomic mass is 19.4. The molecule has 2 N–H and O–H groups in total. The van der Waals surface area contributed by atoms with Crippen LogP contribution in [0.5, 0.6) is 0 Å². The standard InChI is InChI=1S/C33H34F6N6O3/c1-4-44(5-2)14-15-45-26-12-7-6-10-24(26)28(25-11-8-9-13-40-25)42-29(31(45)48)43-30(47)20(3)41-27(46)18-21-16-22(32(34,35)36)19-23(17-21)33(37,38)39/h6-13,16-17,19-20,29H,4-5,14-15,18H2,1-3H3,(H,41,46)(H,43,47)/t20-,29?/m0/s1. The fraction of sp³-hybridized carbons (Fsp3) is 0.364. The van der Waals surface area contributed by atoms with E-state index in [1.807, 2.05) is 13.8 Å². The smallest absolute Gasteiger partial charge is 0.344 e. The lowest BCUT2D eigenvalue weighted by atomic mass is 10.0. The molecule has 0 aliphatic carbocycles. The third kappa shape index (κ3) is 8.76. The third-order valence-corrected chi connectivity index (χ3v) is 7.71. The van der Waals surface area contributed by atoms with Crippen LogP contribution in [0.1, 0.15) is 48.7 Å². The van der Waals surface area contributed by atoms with Gasteiger partial charge < -0.3 is 20.4 Å². The number of alkyl halides is 6. The van der Waals surface area contributed by atoms with Crippen LogP contribution in [0, 0.1) is 0 Å². The van der Waals surface area contributed by atoms with E-state index in [4.69, 9.17) is 0 Å². The number of carbonyl (C=O) groups excluding carboxylic acids is 3. The number of hydrogen-bond acceptors (Lipinski definition) is 6. The monoisotopic (exact) mass is 676 g/mol. The van der Waals surface area contributed by atoms with Crippen molar-refractivity contribution in [3.8, 4) is 0 Å². The van der Waals surface area contributed by atoms with Gasteiger partial charge in [-0.2, -0.15) is 26.3 Å². The van der Waals surface area contributed by atoms with E-state index in [2.05, 4.69) is 25.5 Å². The highest BCUT2D eigenvalue weighted by molar-refractivity contribution is 6.19. The first-order valence-electron chi connectivity index (χ1n) is 15.1. The normalized spacial score (nSPS) is 15.8. The highest BCUT2D eigenvalue weighted by Crippen LogP contribution is 2.36. The van der Waals surface area contributed by atoms with Gasteiger partial charge in [-0.3, -0.25) is 19.4 Å². The zero-order valence-corrected chi connectivity index (χ0v) is 26.3. The van der Waals surface area contributed by atoms with E-state index in [0.29, 0.717) is 41.3 Å². The van der Waals surface area contributed by atoms with Gasteiger partial charge in [0.15, 0.2) is 0 Å². The van der Waals surface area contributed by atoms with Crippen molar-refractivity contribution in [2.24, 2.45) is 4.99 Å². The molecule has 0 saturated carbocycles. The van der Waals surface area contributed by atoms with Gasteiger partial charge in [0.1, 0.15) is 6.04 Å². The van der Waals surface area contributed by atoms with E-state index < -0.39 is 65.4 Å². The van der Waals surface area contributed by atoms with Crippen molar-refractivity contribution >= 4 is 29.1 Å². The Hall–Kier alpha value is -4.79. The number of para-hydroxylation sites is 1. The Morgan fingerprint density at radius 3 is 2.15 bits per heavy atom. The molecule has 1 unspecified atom stereocenters. The van der Waals surface area contributed by atoms with Gasteiger partial charge >= 0.3 is 12.4 Å². The third-order valence-electron chi connectivity index (χ3n) is 7.71. The Balaban J connectivity index is 1.59. The molecule has 0 fully saturated rings. The maximum atomic E-state index is 14.0. The summed E-state index contributed by atoms with van der Waals surface area (Å²) >= 11 is 0. The Bertz CT molecular complexity index is 1630. The van der Waals surface area contributed by atoms with Gasteiger partial charge in [-0.1, -0.05) is 38.1 Å². The fourth-order valence-corrected chi connectivity index (χ4v) is 5.17. The highest BCUT2D eigenvalue weighted by Gasteiger charge is 2.38. The summed E-state index contributed by atoms with van der Waals surface area (Å²) < 4.78 is 79.7. The van der Waals surface area contributed by atoms with Crippen LogP contribution in [0.3, 0.4) is 0 Å². The van der Waals surface area contributed by atoms with Crippen LogP contribution in [0.4, 0.5) is 32.0 Å². The van der Waals surface area contributed by atoms with Crippen molar-refractivity contribution < 1.29 is 40.7 Å². The Kier molecular flexibility index (Phi) is 11.2. The number of pyridine rings is 1. The number of likely N-dealkylation sites (N-methyl/N-ethyl adjacent to an activating group) is 1. The minimum absolute atomic E-state index is 0.0371. The van der Waals surface area contributed by atoms with E-state index in [1.54, 1.807) is 48.7 Å². The first-order valence-corrected chi connectivity index (χ1v) is 15.1. The number of benzene rings is 2. The summed E-state index contributed by atoms with van der Waals surface area (Å²) in [5.74, 6) is -2.43. The number of anilines is 1. The first kappa shape index (κ1) is 36.1. The van der Waals surface area contributed by atoms with Crippen LogP contribution in [-0.4, -0.2) is 71.7 Å². The molecule has 1 aliphatic rings. The van der Waals surface area contributed by atoms with Crippen LogP contribution in [0.15, 0.2) is 71.9 Å². The van der Waals surface area contributed by atoms with Crippen molar-refractivity contribution in [1.82, 2.24) is 20.5 Å². The topological polar surface area (TPSA) is 107 Å². The largest absolute Gasteiger partial charge is 0.416 e. The average Bonchev–Trinajstić information content (AvgIpc) is 3.15. The van der Waals surface area contributed by atoms with Gasteiger partial charge in [0.2, 0.25) is 18.0 Å². The number of nitrogens with zero attached hydrogens (tertiary/aromatic N) is 4. The van der Waals surface area contributed by atoms with Gasteiger partial charge in [0, 0.05) is 24.8 Å². The van der Waals surface area contributed by atoms with Gasteiger partial charge in [0.05, 0.1) is 34.6 Å². The molecule has 2 heterocycles. The minimum Gasteiger partial charge on any atom is -0.344 e. The molecular weight excluding hydrogens is 642 g/mol. The molecule has 3 amide bonds. The van der Waals surface area contributed by atoms with E-state index >= 15 is 0 Å². The number of aromatic nitrogens is 1. The van der Waals surface area contributed by atoms with Crippen LogP contribution < -0.4 is 15.5 Å². The molecule has 1 aromatic heterocycles. The predicted octanol–water partition coefficient (Wildman–Crippen LogP) is 4.83. The molecule has 256 valence electrons. The SMILES string of the molecule is CCN(CC)CCN1C(=O)C(NC(=O)[C@H](C)NC(=O)Cc2cc(C(F)(F)F)cc(C(F)(F)F)c2)N=C(c2ccccn2)c2ccccc21. The molecule has 48 heavy (non-hydrogen) atoms. The second kappa shape index (κ2) is 15.0. The second-order valence-electron chi connectivity index (χ2n) is 11.0. The molecule has 2 atom stereocenters. The minimum atomic E-state index is -5.08. The molecule has 0 radical (unpaired) electrons. The van der Waals surface area contributed by atoms with Crippen LogP contribution in [0.2, 0.25) is 0 Å². The van der Waals surface area contributed by atoms with Crippen molar-refractivity contribution in [1.29, 1.82) is 0 Å². The quantitative estimate of drug-likeness (QED) is 0.283. The Labute approximate surface area is 273 Å². The zero-order valence-electron chi connectivity index (χ0n) is 26.3. The van der Waals surface area contributed by atoms with Crippen molar-refractivity contribution in [2.75, 3.05) is 31.1 Å². The number of fused-ring (bicyclic) bond motifs is 1. The maximum Gasteiger partial charge on any atom is 0.416 e. The van der Waals surface area contributed by atoms with Gasteiger partial charge in [0.25, 0.3) is 5.91 Å². The van der Waals surface area contributed by atoms with E-state index in [-0.39, 0.29) is 12.6 Å². The zero-order chi connectivity index (χ0) is 35.2. The van der Waals surface area contributed by atoms with Gasteiger partial charge in [-0.05, 0) is 62.0 Å². The average molecular weight is 677 g/mol. The van der Waals surface area contributed by atoms with Crippen molar-refractivity contribution in [3.63, 3.8) is 0 Å². The fourth-order valence-electron chi connectivity index (χ4n) is 5.17. The summed E-state index contributed by atoms with van der Waals surface area (Å²) in [7, 11) is 0. The molecule has 1 aliphatic heterocycles. The molecular formula is C33H34F6N6O3. The summed E-state index contributed by atoms with van der Waals surface area (Å²) in [6, 6.07) is 11.8. The molecule has 4 rings (SSSR count). The lowest BCUT2D eigenvalue weighted by Crippen LogP contribution is -2.53. The number of benzodiazepines with no additional fused rings is 1. The number of nitrogens with one attached hydrogen (secondary N) is 2. The molecule has 2 aromatic carbocycles. The van der Waals surface area contributed by atoms with E-state index in [9.17, 15) is 40.7 Å². The number of rotatable bonds is 11. The number of amides is 3. The van der Waals surface area contributed by atoms with Crippen LogP contribution >= 0.6 is 0 Å². The summed E-state index contributed by atoms with van der Waals surface area (Å²) in [6.07, 6.45) is -10.9. The lowest BCUT2D eigenvalue weighted by Gasteiger charge is -2.28. The molecule has 0 saturated heterocycles. The molecule has 0 bridgehead atoms. The predicted molar refractivity (Wildman–Crippen MR) is 166 cm³/mol. The van der Waals surface area contributed by atoms with Crippen LogP contribution in [-0.2, 0) is 33.2 Å². The van der Waals surface area contributed by atoms with Crippen molar-refractivity contribution in [2.45, 2.75) is 51.8 Å². The first-order chi connectivity index (χ1) is 22.6. The van der Waals surface area contributed by atoms with Crippen LogP contribution in [0.25, 0.3) is 0 Å². The number of hydrogen-bond donors (Lipinski definition) is 2. The van der Waals surface area contributed by atoms with E-state index in [0.717, 1.165) is 13.1 Å². The Morgan fingerprint density at radius 1 is 0.938 bits per heavy atom. The summed E-state index contributed by atoms with van der Waals surface area (Å²) in [4.78, 5) is 52.7. The molecule has 9 nitrogen and oxygen atoms in total. The van der Waals surface area contributed by atoms with Gasteiger partial charge in [-0.15, -0.1) is 0 Å². The molecule has 3 aromatic rings. The summed E-state index contributed by atoms with van der Waals surface area (Å²) in [6.45, 7) is 7.51. The second-order valence-corrected chi connectivity index (χ2v) is 11.0. The number of halogens is 6. The summed E-state index contributed by atoms with van der Waals surface area (Å²) in [5.41, 5.74) is -1.76. The maximum absolute atomic E-state index is 14.0. The molecule has 0 spiro atoms. The molecule has 15 heteroatoms. The lowest BCUT2D eigenvalue weighted by molar-refractivity contribution is -0.143. The Morgan fingerprint density at radius 2 is 1.56 bits per heavy atom. The summed E-state index contributed by atoms with van der Waals surface area (Å²) in [5, 5.41) is 4.83. The van der Waals surface area contributed by atoms with Gasteiger partial charge in [-0.25, -0.2) is 4.99 Å². The van der Waals surface area contributed by atoms with E-state index in [1.165, 1.54) is 11.8 Å². The number of carbonyl (C=O) groups is 3. The number of aliphatic imine (C=N–C) groups is 1. The van der Waals surface area contributed by atoms with Crippen molar-refractivity contribution in [3.05, 3.63) is 94.8 Å².